The second kappa shape index (κ2) is 6.83. The normalized spacial score (nSPS) is 10.6. The van der Waals surface area contributed by atoms with Gasteiger partial charge in [0.15, 0.2) is 0 Å². The highest BCUT2D eigenvalue weighted by Crippen LogP contribution is 2.29. The average Bonchev–Trinajstić information content (AvgIpc) is 3.09. The molecule has 0 aliphatic rings. The van der Waals surface area contributed by atoms with E-state index in [4.69, 9.17) is 5.11 Å². The Kier molecular flexibility index (Phi) is 4.59. The van der Waals surface area contributed by atoms with Crippen LogP contribution in [0.1, 0.15) is 0 Å². The van der Waals surface area contributed by atoms with Crippen LogP contribution < -0.4 is 5.56 Å². The molecule has 0 fully saturated rings. The molecule has 0 amide bonds. The molecule has 4 nitrogen and oxygen atoms in total. The van der Waals surface area contributed by atoms with E-state index in [2.05, 4.69) is 4.98 Å². The summed E-state index contributed by atoms with van der Waals surface area (Å²) in [6.07, 6.45) is 0. The van der Waals surface area contributed by atoms with Crippen LogP contribution in [0, 0.1) is 0 Å². The molecule has 2 heterocycles. The molecule has 5 rings (SSSR count). The van der Waals surface area contributed by atoms with Crippen molar-refractivity contribution in [2.45, 2.75) is 0 Å². The molecule has 1 N–H and O–H groups in total. The number of fused-ring (bicyclic) bond motifs is 4. The summed E-state index contributed by atoms with van der Waals surface area (Å²) in [5.74, 6) is 0. The van der Waals surface area contributed by atoms with Crippen molar-refractivity contribution in [1.29, 1.82) is 0 Å². The molecular formula is C20H17FN2O2. The van der Waals surface area contributed by atoms with Crippen LogP contribution >= 0.6 is 0 Å². The van der Waals surface area contributed by atoms with Gasteiger partial charge in [-0.05, 0) is 23.6 Å². The zero-order chi connectivity index (χ0) is 18.0. The molecular weight excluding hydrogens is 319 g/mol. The number of aromatic nitrogens is 2. The van der Waals surface area contributed by atoms with Crippen molar-refractivity contribution >= 4 is 38.2 Å². The maximum absolute atomic E-state index is 12.9. The van der Waals surface area contributed by atoms with Crippen molar-refractivity contribution in [3.63, 3.8) is 0 Å². The fraction of sp³-hybridized carbons (Fsp3) is 0.100. The summed E-state index contributed by atoms with van der Waals surface area (Å²) in [5, 5.41) is 10.9. The Bertz CT molecular complexity index is 1210. The smallest absolute Gasteiger partial charge is 0.264 e. The first-order valence-electron chi connectivity index (χ1n) is 7.71. The van der Waals surface area contributed by atoms with Gasteiger partial charge >= 0.3 is 0 Å². The third-order valence-corrected chi connectivity index (χ3v) is 4.14. The number of imidazole rings is 1. The number of para-hydroxylation sites is 2. The molecule has 0 bridgehead atoms. The Morgan fingerprint density at radius 2 is 1.52 bits per heavy atom. The van der Waals surface area contributed by atoms with Gasteiger partial charge < -0.3 is 5.11 Å². The first-order chi connectivity index (χ1) is 12.3. The number of benzene rings is 3. The predicted octanol–water partition coefficient (Wildman–Crippen LogP) is 3.79. The average molecular weight is 336 g/mol. The molecule has 126 valence electrons. The Morgan fingerprint density at radius 3 is 2.24 bits per heavy atom. The lowest BCUT2D eigenvalue weighted by Crippen LogP contribution is -2.13. The first kappa shape index (κ1) is 16.8. The highest BCUT2D eigenvalue weighted by Gasteiger charge is 2.14. The van der Waals surface area contributed by atoms with Gasteiger partial charge in [0.2, 0.25) is 0 Å². The molecule has 0 saturated heterocycles. The van der Waals surface area contributed by atoms with Crippen LogP contribution in [-0.4, -0.2) is 28.8 Å². The van der Waals surface area contributed by atoms with Crippen LogP contribution in [0.2, 0.25) is 0 Å². The van der Waals surface area contributed by atoms with Crippen LogP contribution in [0.15, 0.2) is 65.5 Å². The van der Waals surface area contributed by atoms with Crippen LogP contribution in [0.3, 0.4) is 0 Å². The molecule has 0 saturated carbocycles. The van der Waals surface area contributed by atoms with Gasteiger partial charge in [0.25, 0.3) is 5.56 Å². The molecule has 2 aromatic heterocycles. The molecule has 25 heavy (non-hydrogen) atoms. The van der Waals surface area contributed by atoms with Gasteiger partial charge in [0.1, 0.15) is 5.65 Å². The number of nitrogens with zero attached hydrogens (tertiary/aromatic N) is 2. The number of hydrogen-bond donors (Lipinski definition) is 1. The summed E-state index contributed by atoms with van der Waals surface area (Å²) in [6, 6.07) is 19.7. The van der Waals surface area contributed by atoms with Crippen LogP contribution in [0.4, 0.5) is 4.39 Å². The fourth-order valence-electron chi connectivity index (χ4n) is 3.24. The van der Waals surface area contributed by atoms with Crippen LogP contribution in [0.25, 0.3) is 38.2 Å². The van der Waals surface area contributed by atoms with E-state index in [1.165, 1.54) is 0 Å². The van der Waals surface area contributed by atoms with Crippen molar-refractivity contribution < 1.29 is 9.50 Å². The minimum atomic E-state index is 0.00278. The van der Waals surface area contributed by atoms with Gasteiger partial charge in [-0.1, -0.05) is 42.5 Å². The molecule has 0 atom stereocenters. The highest BCUT2D eigenvalue weighted by molar-refractivity contribution is 6.15. The molecule has 3 aromatic carbocycles. The minimum absolute atomic E-state index is 0.00278. The van der Waals surface area contributed by atoms with E-state index in [9.17, 15) is 9.18 Å². The predicted molar refractivity (Wildman–Crippen MR) is 100 cm³/mol. The number of hydrogen-bond acceptors (Lipinski definition) is 3. The second-order valence-electron chi connectivity index (χ2n) is 5.27. The minimum Gasteiger partial charge on any atom is -0.400 e. The molecule has 0 radical (unpaired) electrons. The Labute approximate surface area is 143 Å². The van der Waals surface area contributed by atoms with Gasteiger partial charge in [-0.25, -0.2) is 4.98 Å². The lowest BCUT2D eigenvalue weighted by atomic mass is 10.0. The zero-order valence-corrected chi connectivity index (χ0v) is 13.9. The van der Waals surface area contributed by atoms with Gasteiger partial charge in [-0.2, -0.15) is 0 Å². The van der Waals surface area contributed by atoms with Crippen LogP contribution in [0.5, 0.6) is 0 Å². The number of pyridine rings is 1. The Morgan fingerprint density at radius 1 is 0.880 bits per heavy atom. The van der Waals surface area contributed by atoms with E-state index in [-0.39, 0.29) is 5.56 Å². The monoisotopic (exact) mass is 336 g/mol. The number of alkyl halides is 1. The van der Waals surface area contributed by atoms with Crippen molar-refractivity contribution in [3.05, 3.63) is 71.0 Å². The molecule has 0 aliphatic heterocycles. The lowest BCUT2D eigenvalue weighted by molar-refractivity contribution is 0.399. The standard InChI is InChI=1S/C18H10N2O.CH3F.CH4O/c21-18-13-8-4-6-11-5-3-7-12(16(11)13)17-19-14-9-1-2-10-15(14)20(17)18;2*1-2/h1-10H;1H3;2H,1H3. The molecule has 5 heteroatoms. The van der Waals surface area contributed by atoms with E-state index in [1.54, 1.807) is 4.40 Å². The molecule has 0 aliphatic carbocycles. The topological polar surface area (TPSA) is 54.6 Å². The Hall–Kier alpha value is -3.05. The summed E-state index contributed by atoms with van der Waals surface area (Å²) in [6.45, 7) is 0. The largest absolute Gasteiger partial charge is 0.400 e. The summed E-state index contributed by atoms with van der Waals surface area (Å²) in [5.41, 5.74) is 2.46. The van der Waals surface area contributed by atoms with Gasteiger partial charge in [0, 0.05) is 23.3 Å². The van der Waals surface area contributed by atoms with Gasteiger partial charge in [0.05, 0.1) is 18.2 Å². The first-order valence-corrected chi connectivity index (χ1v) is 7.71. The second-order valence-corrected chi connectivity index (χ2v) is 5.27. The number of halogens is 1. The van der Waals surface area contributed by atoms with Crippen LogP contribution in [-0.2, 0) is 0 Å². The van der Waals surface area contributed by atoms with Crippen molar-refractivity contribution in [3.8, 4) is 0 Å². The maximum atomic E-state index is 12.9. The third-order valence-electron chi connectivity index (χ3n) is 4.14. The molecule has 5 aromatic rings. The SMILES string of the molecule is CF.CO.O=c1c2cccc3cccc(c32)c2nc3ccccc3n12. The lowest BCUT2D eigenvalue weighted by Gasteiger charge is -2.06. The van der Waals surface area contributed by atoms with Crippen molar-refractivity contribution in [2.24, 2.45) is 0 Å². The fourth-order valence-corrected chi connectivity index (χ4v) is 3.24. The maximum Gasteiger partial charge on any atom is 0.264 e. The van der Waals surface area contributed by atoms with E-state index < -0.39 is 0 Å². The third kappa shape index (κ3) is 2.40. The van der Waals surface area contributed by atoms with Crippen molar-refractivity contribution in [2.75, 3.05) is 14.3 Å². The van der Waals surface area contributed by atoms with E-state index in [0.29, 0.717) is 7.18 Å². The molecule has 0 spiro atoms. The zero-order valence-electron chi connectivity index (χ0n) is 13.9. The summed E-state index contributed by atoms with van der Waals surface area (Å²) in [4.78, 5) is 17.6. The number of aliphatic hydroxyl groups excluding tert-OH is 1. The number of rotatable bonds is 0. The summed E-state index contributed by atoms with van der Waals surface area (Å²) < 4.78 is 11.2. The summed E-state index contributed by atoms with van der Waals surface area (Å²) in [7, 11) is 1.50. The number of aliphatic hydroxyl groups is 1. The van der Waals surface area contributed by atoms with E-state index >= 15 is 0 Å². The Balaban J connectivity index is 0.000000428. The molecule has 0 unspecified atom stereocenters. The van der Waals surface area contributed by atoms with Gasteiger partial charge in [-0.15, -0.1) is 0 Å². The highest BCUT2D eigenvalue weighted by atomic mass is 19.1. The van der Waals surface area contributed by atoms with E-state index in [0.717, 1.165) is 45.3 Å². The van der Waals surface area contributed by atoms with E-state index in [1.807, 2.05) is 60.7 Å². The van der Waals surface area contributed by atoms with Gasteiger partial charge in [-0.3, -0.25) is 13.6 Å². The quantitative estimate of drug-likeness (QED) is 0.468. The van der Waals surface area contributed by atoms with Crippen molar-refractivity contribution in [1.82, 2.24) is 9.38 Å². The summed E-state index contributed by atoms with van der Waals surface area (Å²) >= 11 is 0.